The van der Waals surface area contributed by atoms with Gasteiger partial charge in [-0.2, -0.15) is 0 Å². The van der Waals surface area contributed by atoms with Gasteiger partial charge in [-0.05, 0) is 32.4 Å². The second-order valence-corrected chi connectivity index (χ2v) is 26.9. The third-order valence-electron chi connectivity index (χ3n) is 13.2. The molecular formula is C47H62InN9O7. The van der Waals surface area contributed by atoms with Crippen LogP contribution in [0.5, 0.6) is 0 Å². The van der Waals surface area contributed by atoms with E-state index in [-0.39, 0.29) is 46.3 Å². The van der Waals surface area contributed by atoms with Crippen molar-refractivity contribution in [1.29, 1.82) is 0 Å². The van der Waals surface area contributed by atoms with Gasteiger partial charge in [-0.3, -0.25) is 4.98 Å². The Bertz CT molecular complexity index is 2430. The van der Waals surface area contributed by atoms with Gasteiger partial charge in [0.25, 0.3) is 0 Å². The number of hydrazine groups is 1. The van der Waals surface area contributed by atoms with Gasteiger partial charge in [0.1, 0.15) is 0 Å². The zero-order valence-corrected chi connectivity index (χ0v) is 41.7. The molecule has 3 aliphatic heterocycles. The fraction of sp³-hybridized carbons (Fsp3) is 0.532. The Morgan fingerprint density at radius 1 is 1.14 bits per heavy atom. The van der Waals surface area contributed by atoms with Crippen LogP contribution >= 0.6 is 0 Å². The first-order valence-corrected chi connectivity index (χ1v) is 29.4. The van der Waals surface area contributed by atoms with E-state index in [9.17, 15) is 24.0 Å². The van der Waals surface area contributed by atoms with Crippen molar-refractivity contribution < 1.29 is 33.4 Å². The number of esters is 1. The molecule has 0 radical (unpaired) electrons. The maximum absolute atomic E-state index is 14.6. The number of pyridine rings is 1. The summed E-state index contributed by atoms with van der Waals surface area (Å²) in [7, 11) is 1.68. The summed E-state index contributed by atoms with van der Waals surface area (Å²) in [6.45, 7) is 17.6. The molecule has 0 saturated carbocycles. The van der Waals surface area contributed by atoms with Crippen molar-refractivity contribution in [1.82, 2.24) is 45.2 Å². The molecule has 340 valence electrons. The van der Waals surface area contributed by atoms with Crippen molar-refractivity contribution in [3.8, 4) is 16.9 Å². The van der Waals surface area contributed by atoms with E-state index in [0.29, 0.717) is 57.6 Å². The number of methoxy groups -OCH3 is 1. The molecule has 4 aromatic rings. The molecular weight excluding hydrogens is 917 g/mol. The zero-order valence-electron chi connectivity index (χ0n) is 38.4. The van der Waals surface area contributed by atoms with Crippen LogP contribution in [0.2, 0.25) is 8.35 Å². The minimum absolute atomic E-state index is 0.0152. The number of carbonyl (C=O) groups excluding carboxylic acids is 5. The second-order valence-electron chi connectivity index (χ2n) is 18.7. The molecule has 2 saturated heterocycles. The Hall–Kier alpha value is -4.87. The Kier molecular flexibility index (Phi) is 14.5. The third kappa shape index (κ3) is 9.71. The molecule has 6 bridgehead atoms. The van der Waals surface area contributed by atoms with Crippen molar-refractivity contribution in [2.75, 3.05) is 33.4 Å². The summed E-state index contributed by atoms with van der Waals surface area (Å²) in [4.78, 5) is 75.7. The van der Waals surface area contributed by atoms with Crippen molar-refractivity contribution in [2.24, 2.45) is 17.3 Å². The van der Waals surface area contributed by atoms with E-state index in [1.807, 2.05) is 37.6 Å². The van der Waals surface area contributed by atoms with E-state index in [1.54, 1.807) is 29.1 Å². The van der Waals surface area contributed by atoms with Crippen LogP contribution in [0.3, 0.4) is 0 Å². The van der Waals surface area contributed by atoms with Crippen molar-refractivity contribution >= 4 is 59.6 Å². The molecule has 3 amide bonds. The number of nitrogens with zero attached hydrogens (tertiary/aromatic N) is 7. The molecule has 3 aliphatic rings. The van der Waals surface area contributed by atoms with Crippen LogP contribution in [0, 0.1) is 17.3 Å². The van der Waals surface area contributed by atoms with Crippen molar-refractivity contribution in [3.63, 3.8) is 0 Å². The topological polar surface area (TPSA) is 183 Å². The molecule has 0 spiro atoms. The van der Waals surface area contributed by atoms with Crippen LogP contribution in [-0.4, -0.2) is 129 Å². The van der Waals surface area contributed by atoms with Crippen LogP contribution in [0.1, 0.15) is 83.9 Å². The van der Waals surface area contributed by atoms with Gasteiger partial charge in [0.15, 0.2) is 0 Å². The first kappa shape index (κ1) is 47.1. The number of ether oxygens (including phenoxy) is 2. The number of aromatic nitrogens is 5. The first-order valence-electron chi connectivity index (χ1n) is 22.6. The van der Waals surface area contributed by atoms with Crippen molar-refractivity contribution in [3.05, 3.63) is 72.3 Å². The molecule has 64 heavy (non-hydrogen) atoms. The molecule has 2 N–H and O–H groups in total. The summed E-state index contributed by atoms with van der Waals surface area (Å²) in [5, 5.41) is 14.5. The van der Waals surface area contributed by atoms with Crippen molar-refractivity contribution in [2.45, 2.75) is 107 Å². The maximum atomic E-state index is 14.6. The number of hydrogen-bond acceptors (Lipinski definition) is 11. The number of nitrogens with one attached hydrogen (secondary N) is 2. The fourth-order valence-corrected chi connectivity index (χ4v) is 18.6. The number of amides is 3. The third-order valence-corrected chi connectivity index (χ3v) is 23.3. The van der Waals surface area contributed by atoms with Gasteiger partial charge in [0.05, 0.1) is 17.5 Å². The Labute approximate surface area is 383 Å². The molecule has 0 aliphatic carbocycles. The molecule has 6 heterocycles. The Morgan fingerprint density at radius 3 is 2.64 bits per heavy atom. The minimum atomic E-state index is -3.35. The monoisotopic (exact) mass is 979 g/mol. The van der Waals surface area contributed by atoms with Gasteiger partial charge < -0.3 is 9.30 Å². The summed E-state index contributed by atoms with van der Waals surface area (Å²) in [5.74, 6) is -1.91. The Morgan fingerprint density at radius 2 is 1.92 bits per heavy atom. The summed E-state index contributed by atoms with van der Waals surface area (Å²) >= 11 is -3.35. The average Bonchev–Trinajstić information content (AvgIpc) is 4.05. The quantitative estimate of drug-likeness (QED) is 0.153. The summed E-state index contributed by atoms with van der Waals surface area (Å²) in [6, 6.07) is 8.32. The molecule has 2 fully saturated rings. The van der Waals surface area contributed by atoms with E-state index >= 15 is 0 Å². The number of benzene rings is 1. The number of cyclic esters (lactones) is 1. The van der Waals surface area contributed by atoms with Crippen LogP contribution in [-0.2, 0) is 52.8 Å². The number of carbonyl (C=O) groups is 5. The van der Waals surface area contributed by atoms with Crippen LogP contribution < -0.4 is 10.7 Å². The fourth-order valence-electron chi connectivity index (χ4n) is 9.80. The van der Waals surface area contributed by atoms with E-state index in [1.165, 1.54) is 11.1 Å². The second kappa shape index (κ2) is 19.7. The SMILES string of the molecule is C=CC(=O)N1CCC([C](=O)[In]([CH3])[C@H](C(=O)N[C@H]2Cc3cn(nn3)-c3ccc4c(c3)c(c(-c3cccnc3[C@H](C)OC)n4CC)CC(C)(C)COC(=O)[C@@H]3CCCN(N3)C2=O)C(C)C)C1. The zero-order chi connectivity index (χ0) is 46.0. The standard InChI is InChI=1S/C38H49N8O5.C8H10NO2.CH3.In/c1-8-44-32-14-13-26-19-28(32)29(35(44)27-11-9-15-39-34(27)24(4)50-7)20-38(5,6)22-51-37(49)30-12-10-16-45(42-30)36(48)31(40-33(47)17-23(2)3)18-25-21-46(26)43-41-25;1-2-8(11)9-4-3-7(5-9)6-10;;/h9,11,13-15,17,19,21,23-24,30-31,42H,8,10,12,16,18,20,22H2,1-7H3,(H,40,47);2,7H,1,3-5H2;1H3;/t24-,30-,31-;;;/m0.../s1. The number of fused-ring (bicyclic) bond motifs is 6. The van der Waals surface area contributed by atoms with Gasteiger partial charge in [-0.1, -0.05) is 13.8 Å². The summed E-state index contributed by atoms with van der Waals surface area (Å²) < 4.78 is 17.4. The van der Waals surface area contributed by atoms with Gasteiger partial charge >= 0.3 is 281 Å². The van der Waals surface area contributed by atoms with Crippen LogP contribution in [0.25, 0.3) is 27.8 Å². The van der Waals surface area contributed by atoms with Crippen LogP contribution in [0.15, 0.2) is 55.4 Å². The molecule has 16 nitrogen and oxygen atoms in total. The molecule has 5 atom stereocenters. The number of hydrogen-bond donors (Lipinski definition) is 2. The predicted molar refractivity (Wildman–Crippen MR) is 243 cm³/mol. The normalized spacial score (nSPS) is 21.3. The summed E-state index contributed by atoms with van der Waals surface area (Å²) in [5.41, 5.74) is 8.73. The Balaban J connectivity index is 1.27. The average molecular weight is 980 g/mol. The van der Waals surface area contributed by atoms with E-state index in [4.69, 9.17) is 14.5 Å². The van der Waals surface area contributed by atoms with Crippen LogP contribution in [0.4, 0.5) is 0 Å². The molecule has 1 unspecified atom stereocenters. The van der Waals surface area contributed by atoms with E-state index in [0.717, 1.165) is 39.1 Å². The molecule has 17 heteroatoms. The first-order chi connectivity index (χ1) is 30.5. The molecule has 1 aromatic carbocycles. The van der Waals surface area contributed by atoms with Gasteiger partial charge in [0, 0.05) is 25.4 Å². The van der Waals surface area contributed by atoms with E-state index < -0.39 is 54.5 Å². The molecule has 7 rings (SSSR count). The number of likely N-dealkylation sites (tertiary alicyclic amines) is 1. The summed E-state index contributed by atoms with van der Waals surface area (Å²) in [6.07, 6.45) is 6.69. The van der Waals surface area contributed by atoms with Gasteiger partial charge in [-0.25, -0.2) is 0 Å². The van der Waals surface area contributed by atoms with E-state index in [2.05, 4.69) is 71.2 Å². The molecule has 3 aromatic heterocycles. The van der Waals surface area contributed by atoms with Gasteiger partial charge in [0.2, 0.25) is 0 Å². The predicted octanol–water partition coefficient (Wildman–Crippen LogP) is 4.95. The van der Waals surface area contributed by atoms with Gasteiger partial charge in [-0.15, -0.1) is 0 Å². The number of rotatable bonds is 11. The number of aryl methyl sites for hydroxylation is 1.